The van der Waals surface area contributed by atoms with Crippen LogP contribution in [0.15, 0.2) is 36.4 Å². The van der Waals surface area contributed by atoms with Gasteiger partial charge in [0.15, 0.2) is 11.6 Å². The first-order valence-corrected chi connectivity index (χ1v) is 7.58. The van der Waals surface area contributed by atoms with Crippen molar-refractivity contribution in [3.05, 3.63) is 59.2 Å². The number of aliphatic carboxylic acids is 1. The molecule has 0 heterocycles. The molecule has 2 rings (SSSR count). The minimum Gasteiger partial charge on any atom is -0.481 e. The molecule has 0 bridgehead atoms. The summed E-state index contributed by atoms with van der Waals surface area (Å²) in [4.78, 5) is 23.6. The van der Waals surface area contributed by atoms with Crippen LogP contribution >= 0.6 is 0 Å². The summed E-state index contributed by atoms with van der Waals surface area (Å²) in [5.74, 6) is -3.89. The van der Waals surface area contributed by atoms with Gasteiger partial charge >= 0.3 is 5.97 Å². The summed E-state index contributed by atoms with van der Waals surface area (Å²) in [5, 5.41) is 14.4. The number of nitrogens with one attached hydrogen (secondary N) is 2. The van der Waals surface area contributed by atoms with Crippen LogP contribution in [-0.4, -0.2) is 23.0 Å². The first-order chi connectivity index (χ1) is 11.8. The van der Waals surface area contributed by atoms with Gasteiger partial charge in [-0.1, -0.05) is 18.2 Å². The van der Waals surface area contributed by atoms with Crippen LogP contribution in [0.3, 0.4) is 0 Å². The van der Waals surface area contributed by atoms with Crippen LogP contribution < -0.4 is 10.6 Å². The van der Waals surface area contributed by atoms with E-state index in [1.807, 2.05) is 32.0 Å². The fourth-order valence-electron chi connectivity index (χ4n) is 2.39. The summed E-state index contributed by atoms with van der Waals surface area (Å²) in [6.07, 6.45) is -0.518. The van der Waals surface area contributed by atoms with E-state index in [1.54, 1.807) is 0 Å². The van der Waals surface area contributed by atoms with Crippen molar-refractivity contribution in [2.24, 2.45) is 0 Å². The van der Waals surface area contributed by atoms with Gasteiger partial charge in [0.2, 0.25) is 5.91 Å². The van der Waals surface area contributed by atoms with Crippen molar-refractivity contribution in [3.8, 4) is 0 Å². The van der Waals surface area contributed by atoms with Gasteiger partial charge < -0.3 is 15.7 Å². The van der Waals surface area contributed by atoms with E-state index < -0.39 is 36.0 Å². The first-order valence-electron chi connectivity index (χ1n) is 7.58. The van der Waals surface area contributed by atoms with Crippen LogP contribution in [0.25, 0.3) is 0 Å². The Kier molecular flexibility index (Phi) is 5.69. The molecule has 0 spiro atoms. The molecule has 0 radical (unpaired) electrons. The van der Waals surface area contributed by atoms with E-state index >= 15 is 0 Å². The zero-order chi connectivity index (χ0) is 18.6. The molecule has 0 saturated carbocycles. The van der Waals surface area contributed by atoms with Gasteiger partial charge in [-0.05, 0) is 37.1 Å². The minimum atomic E-state index is -1.20. The highest BCUT2D eigenvalue weighted by atomic mass is 19.2. The Hall–Kier alpha value is -2.96. The number of aryl methyl sites for hydroxylation is 2. The zero-order valence-corrected chi connectivity index (χ0v) is 13.8. The Labute approximate surface area is 143 Å². The molecule has 0 aliphatic rings. The van der Waals surface area contributed by atoms with Crippen molar-refractivity contribution in [2.75, 3.05) is 10.6 Å². The average Bonchev–Trinajstić information content (AvgIpc) is 2.53. The van der Waals surface area contributed by atoms with Crippen molar-refractivity contribution in [3.63, 3.8) is 0 Å². The number of carboxylic acids is 1. The third-order valence-electron chi connectivity index (χ3n) is 3.69. The Morgan fingerprint density at radius 1 is 1.08 bits per heavy atom. The van der Waals surface area contributed by atoms with Gasteiger partial charge in [0.25, 0.3) is 0 Å². The second-order valence-electron chi connectivity index (χ2n) is 5.68. The van der Waals surface area contributed by atoms with E-state index in [2.05, 4.69) is 10.6 Å². The SMILES string of the molecule is Cc1cccc(C)c1NC(=O)[C@@H](CC(=O)O)Nc1ccc(F)c(F)c1. The number of benzene rings is 2. The fraction of sp³-hybridized carbons (Fsp3) is 0.222. The number of anilines is 2. The predicted molar refractivity (Wildman–Crippen MR) is 90.6 cm³/mol. The molecule has 0 aliphatic carbocycles. The maximum Gasteiger partial charge on any atom is 0.305 e. The standard InChI is InChI=1S/C18H18F2N2O3/c1-10-4-3-5-11(2)17(10)22-18(25)15(9-16(23)24)21-12-6-7-13(19)14(20)8-12/h3-8,15,21H,9H2,1-2H3,(H,22,25)(H,23,24)/t15-/m1/s1. The average molecular weight is 348 g/mol. The van der Waals surface area contributed by atoms with E-state index in [0.29, 0.717) is 5.69 Å². The van der Waals surface area contributed by atoms with Crippen molar-refractivity contribution in [2.45, 2.75) is 26.3 Å². The third-order valence-corrected chi connectivity index (χ3v) is 3.69. The van der Waals surface area contributed by atoms with Crippen LogP contribution in [0, 0.1) is 25.5 Å². The molecule has 2 aromatic rings. The van der Waals surface area contributed by atoms with Gasteiger partial charge in [-0.2, -0.15) is 0 Å². The van der Waals surface area contributed by atoms with Crippen LogP contribution in [0.2, 0.25) is 0 Å². The van der Waals surface area contributed by atoms with Gasteiger partial charge in [-0.15, -0.1) is 0 Å². The molecular weight excluding hydrogens is 330 g/mol. The van der Waals surface area contributed by atoms with Gasteiger partial charge in [-0.3, -0.25) is 9.59 Å². The highest BCUT2D eigenvalue weighted by molar-refractivity contribution is 5.99. The molecule has 7 heteroatoms. The molecule has 1 amide bonds. The zero-order valence-electron chi connectivity index (χ0n) is 13.8. The third kappa shape index (κ3) is 4.76. The van der Waals surface area contributed by atoms with Crippen LogP contribution in [0.4, 0.5) is 20.2 Å². The smallest absolute Gasteiger partial charge is 0.305 e. The highest BCUT2D eigenvalue weighted by Gasteiger charge is 2.23. The maximum atomic E-state index is 13.3. The number of rotatable bonds is 6. The number of carbonyl (C=O) groups excluding carboxylic acids is 1. The molecule has 0 saturated heterocycles. The van der Waals surface area contributed by atoms with Gasteiger partial charge in [0.05, 0.1) is 6.42 Å². The first kappa shape index (κ1) is 18.4. The summed E-state index contributed by atoms with van der Waals surface area (Å²) in [7, 11) is 0. The summed E-state index contributed by atoms with van der Waals surface area (Å²) >= 11 is 0. The Morgan fingerprint density at radius 3 is 2.28 bits per heavy atom. The minimum absolute atomic E-state index is 0.113. The molecule has 25 heavy (non-hydrogen) atoms. The summed E-state index contributed by atoms with van der Waals surface area (Å²) in [5.41, 5.74) is 2.36. The van der Waals surface area contributed by atoms with E-state index in [1.165, 1.54) is 6.07 Å². The van der Waals surface area contributed by atoms with Crippen molar-refractivity contribution >= 4 is 23.3 Å². The molecule has 0 fully saturated rings. The molecule has 1 atom stereocenters. The summed E-state index contributed by atoms with van der Waals surface area (Å²) < 4.78 is 26.3. The van der Waals surface area contributed by atoms with Crippen molar-refractivity contribution in [1.82, 2.24) is 0 Å². The Balaban J connectivity index is 2.22. The topological polar surface area (TPSA) is 78.4 Å². The number of carboxylic acid groups (broad SMARTS) is 1. The van der Waals surface area contributed by atoms with E-state index in [4.69, 9.17) is 5.11 Å². The quantitative estimate of drug-likeness (QED) is 0.747. The molecule has 3 N–H and O–H groups in total. The normalized spacial score (nSPS) is 11.7. The lowest BCUT2D eigenvalue weighted by Gasteiger charge is -2.19. The van der Waals surface area contributed by atoms with Crippen molar-refractivity contribution in [1.29, 1.82) is 0 Å². The lowest BCUT2D eigenvalue weighted by molar-refractivity contribution is -0.138. The number of hydrogen-bond donors (Lipinski definition) is 3. The van der Waals surface area contributed by atoms with Gasteiger partial charge in [-0.25, -0.2) is 8.78 Å². The monoisotopic (exact) mass is 348 g/mol. The summed E-state index contributed by atoms with van der Waals surface area (Å²) in [6, 6.07) is 7.33. The van der Waals surface area contributed by atoms with E-state index in [0.717, 1.165) is 23.3 Å². The molecule has 0 aliphatic heterocycles. The van der Waals surface area contributed by atoms with Crippen LogP contribution in [0.5, 0.6) is 0 Å². The predicted octanol–water partition coefficient (Wildman–Crippen LogP) is 3.48. The fourth-order valence-corrected chi connectivity index (χ4v) is 2.39. The Morgan fingerprint density at radius 2 is 1.72 bits per heavy atom. The lowest BCUT2D eigenvalue weighted by Crippen LogP contribution is -2.37. The van der Waals surface area contributed by atoms with Crippen molar-refractivity contribution < 1.29 is 23.5 Å². The second kappa shape index (κ2) is 7.74. The van der Waals surface area contributed by atoms with E-state index in [-0.39, 0.29) is 5.69 Å². The molecular formula is C18H18F2N2O3. The molecule has 0 aromatic heterocycles. The lowest BCUT2D eigenvalue weighted by atomic mass is 10.1. The van der Waals surface area contributed by atoms with E-state index in [9.17, 15) is 18.4 Å². The molecule has 0 unspecified atom stereocenters. The van der Waals surface area contributed by atoms with Crippen LogP contribution in [0.1, 0.15) is 17.5 Å². The number of carbonyl (C=O) groups is 2. The molecule has 2 aromatic carbocycles. The Bertz CT molecular complexity index is 789. The highest BCUT2D eigenvalue weighted by Crippen LogP contribution is 2.21. The van der Waals surface area contributed by atoms with Gasteiger partial charge in [0, 0.05) is 17.4 Å². The van der Waals surface area contributed by atoms with Gasteiger partial charge in [0.1, 0.15) is 6.04 Å². The number of amides is 1. The molecule has 5 nitrogen and oxygen atoms in total. The number of para-hydroxylation sites is 1. The largest absolute Gasteiger partial charge is 0.481 e. The number of hydrogen-bond acceptors (Lipinski definition) is 3. The maximum absolute atomic E-state index is 13.3. The number of halogens is 2. The van der Waals surface area contributed by atoms with Crippen LogP contribution in [-0.2, 0) is 9.59 Å². The second-order valence-corrected chi connectivity index (χ2v) is 5.68. The molecule has 132 valence electrons. The summed E-state index contributed by atoms with van der Waals surface area (Å²) in [6.45, 7) is 3.63.